The number of nitrogen functional groups attached to an aromatic ring is 2. The molecule has 1 rings (SSSR count). The summed E-state index contributed by atoms with van der Waals surface area (Å²) in [5.41, 5.74) is 7.96. The molecule has 0 aromatic heterocycles. The molecule has 0 spiro atoms. The van der Waals surface area contributed by atoms with E-state index in [1.807, 2.05) is 0 Å². The number of benzene rings is 1. The Morgan fingerprint density at radius 3 is 1.67 bits per heavy atom. The molecule has 0 atom stereocenters. The molecule has 0 radical (unpaired) electrons. The second kappa shape index (κ2) is 3.92. The quantitative estimate of drug-likeness (QED) is 0.644. The van der Waals surface area contributed by atoms with Crippen molar-refractivity contribution < 1.29 is 30.7 Å². The van der Waals surface area contributed by atoms with Crippen molar-refractivity contribution in [1.82, 2.24) is 0 Å². The molecule has 0 aliphatic carbocycles. The summed E-state index contributed by atoms with van der Waals surface area (Å²) < 4.78 is 87.4. The van der Waals surface area contributed by atoms with Crippen LogP contribution in [-0.2, 0) is 5.92 Å². The monoisotopic (exact) mass is 276 g/mol. The minimum Gasteiger partial charge on any atom is -0.397 e. The highest BCUT2D eigenvalue weighted by atomic mass is 19.4. The number of hydrogen-bond acceptors (Lipinski definition) is 2. The summed E-state index contributed by atoms with van der Waals surface area (Å²) in [5.74, 6) is -11.6. The van der Waals surface area contributed by atoms with Gasteiger partial charge in [0, 0.05) is 5.56 Å². The molecule has 0 bridgehead atoms. The van der Waals surface area contributed by atoms with Crippen LogP contribution in [0.25, 0.3) is 0 Å². The van der Waals surface area contributed by atoms with Gasteiger partial charge in [-0.1, -0.05) is 6.07 Å². The molecule has 18 heavy (non-hydrogen) atoms. The predicted molar refractivity (Wildman–Crippen MR) is 50.2 cm³/mol. The lowest BCUT2D eigenvalue weighted by Crippen LogP contribution is -2.50. The van der Waals surface area contributed by atoms with Gasteiger partial charge in [-0.25, -0.2) is 0 Å². The second-order valence-corrected chi connectivity index (χ2v) is 3.49. The van der Waals surface area contributed by atoms with Gasteiger partial charge in [-0.2, -0.15) is 30.7 Å². The molecule has 0 amide bonds. The Morgan fingerprint density at radius 2 is 1.28 bits per heavy atom. The van der Waals surface area contributed by atoms with Crippen LogP contribution in [0.2, 0.25) is 0 Å². The van der Waals surface area contributed by atoms with Gasteiger partial charge >= 0.3 is 18.0 Å². The first-order chi connectivity index (χ1) is 7.91. The highest BCUT2D eigenvalue weighted by molar-refractivity contribution is 5.64. The Morgan fingerprint density at radius 1 is 0.778 bits per heavy atom. The summed E-state index contributed by atoms with van der Waals surface area (Å²) in [4.78, 5) is 0. The molecule has 0 unspecified atom stereocenters. The molecule has 0 saturated carbocycles. The van der Waals surface area contributed by atoms with E-state index in [1.165, 1.54) is 0 Å². The predicted octanol–water partition coefficient (Wildman–Crippen LogP) is 3.14. The Kier molecular flexibility index (Phi) is 3.14. The first kappa shape index (κ1) is 14.4. The van der Waals surface area contributed by atoms with Crippen molar-refractivity contribution in [2.75, 3.05) is 11.5 Å². The molecule has 0 aliphatic heterocycles. The van der Waals surface area contributed by atoms with E-state index in [9.17, 15) is 30.7 Å². The highest BCUT2D eigenvalue weighted by Crippen LogP contribution is 2.52. The van der Waals surface area contributed by atoms with Crippen molar-refractivity contribution in [2.24, 2.45) is 0 Å². The Balaban J connectivity index is 3.33. The zero-order chi connectivity index (χ0) is 14.4. The summed E-state index contributed by atoms with van der Waals surface area (Å²) in [5, 5.41) is 0. The van der Waals surface area contributed by atoms with E-state index in [4.69, 9.17) is 11.5 Å². The molecule has 1 aromatic rings. The zero-order valence-electron chi connectivity index (χ0n) is 8.53. The van der Waals surface area contributed by atoms with Gasteiger partial charge in [0.2, 0.25) is 0 Å². The molecule has 2 nitrogen and oxygen atoms in total. The average Bonchev–Trinajstić information content (AvgIpc) is 2.20. The van der Waals surface area contributed by atoms with Gasteiger partial charge in [0.1, 0.15) is 0 Å². The lowest BCUT2D eigenvalue weighted by molar-refractivity contribution is -0.359. The number of nitrogens with two attached hydrogens (primary N) is 2. The second-order valence-electron chi connectivity index (χ2n) is 3.49. The normalized spacial score (nSPS) is 13.7. The minimum absolute atomic E-state index is 0.204. The molecule has 1 aromatic carbocycles. The number of alkyl halides is 7. The molecule has 0 fully saturated rings. The van der Waals surface area contributed by atoms with E-state index in [1.54, 1.807) is 0 Å². The molecule has 4 N–H and O–H groups in total. The van der Waals surface area contributed by atoms with Gasteiger partial charge in [-0.05, 0) is 12.1 Å². The molecule has 0 heterocycles. The van der Waals surface area contributed by atoms with Crippen molar-refractivity contribution in [1.29, 1.82) is 0 Å². The lowest BCUT2D eigenvalue weighted by atomic mass is 10.0. The van der Waals surface area contributed by atoms with E-state index in [-0.39, 0.29) is 11.8 Å². The number of hydrogen-bond donors (Lipinski definition) is 2. The maximum Gasteiger partial charge on any atom is 0.460 e. The summed E-state index contributed by atoms with van der Waals surface area (Å²) in [6, 6.07) is 1.38. The van der Waals surface area contributed by atoms with Crippen LogP contribution < -0.4 is 11.5 Å². The van der Waals surface area contributed by atoms with E-state index in [0.29, 0.717) is 6.07 Å². The van der Waals surface area contributed by atoms with Gasteiger partial charge in [-0.15, -0.1) is 0 Å². The van der Waals surface area contributed by atoms with Gasteiger partial charge < -0.3 is 11.5 Å². The fourth-order valence-corrected chi connectivity index (χ4v) is 1.13. The zero-order valence-corrected chi connectivity index (χ0v) is 8.53. The average molecular weight is 276 g/mol. The highest BCUT2D eigenvalue weighted by Gasteiger charge is 2.73. The summed E-state index contributed by atoms with van der Waals surface area (Å²) >= 11 is 0. The van der Waals surface area contributed by atoms with Gasteiger partial charge in [-0.3, -0.25) is 0 Å². The van der Waals surface area contributed by atoms with Crippen LogP contribution in [0, 0.1) is 0 Å². The Labute approximate surface area is 96.4 Å². The molecule has 0 saturated heterocycles. The molecule has 9 heteroatoms. The fraction of sp³-hybridized carbons (Fsp3) is 0.333. The van der Waals surface area contributed by atoms with E-state index in [0.717, 1.165) is 6.07 Å². The number of rotatable bonds is 2. The summed E-state index contributed by atoms with van der Waals surface area (Å²) in [6.07, 6.45) is -6.38. The third-order valence-corrected chi connectivity index (χ3v) is 2.20. The van der Waals surface area contributed by atoms with Gasteiger partial charge in [0.25, 0.3) is 0 Å². The summed E-state index contributed by atoms with van der Waals surface area (Å²) in [7, 11) is 0. The molecular formula is C9H7F7N2. The van der Waals surface area contributed by atoms with Crippen LogP contribution in [0.3, 0.4) is 0 Å². The van der Waals surface area contributed by atoms with Crippen molar-refractivity contribution in [3.63, 3.8) is 0 Å². The first-order valence-electron chi connectivity index (χ1n) is 4.39. The third kappa shape index (κ3) is 2.04. The van der Waals surface area contributed by atoms with Crippen LogP contribution in [0.1, 0.15) is 5.56 Å². The molecule has 102 valence electrons. The fourth-order valence-electron chi connectivity index (χ4n) is 1.13. The van der Waals surface area contributed by atoms with Crippen molar-refractivity contribution in [2.45, 2.75) is 18.0 Å². The first-order valence-corrected chi connectivity index (χ1v) is 4.39. The number of anilines is 2. The smallest absolute Gasteiger partial charge is 0.397 e. The summed E-state index contributed by atoms with van der Waals surface area (Å²) in [6.45, 7) is 0. The number of halogens is 7. The van der Waals surface area contributed by atoms with Crippen LogP contribution >= 0.6 is 0 Å². The Hall–Kier alpha value is -1.67. The third-order valence-electron chi connectivity index (χ3n) is 2.20. The topological polar surface area (TPSA) is 52.0 Å². The lowest BCUT2D eigenvalue weighted by Gasteiger charge is -2.28. The van der Waals surface area contributed by atoms with Crippen LogP contribution in [0.4, 0.5) is 42.1 Å². The maximum atomic E-state index is 13.2. The minimum atomic E-state index is -6.38. The molecular weight excluding hydrogens is 269 g/mol. The van der Waals surface area contributed by atoms with Crippen LogP contribution in [0.5, 0.6) is 0 Å². The largest absolute Gasteiger partial charge is 0.460 e. The SMILES string of the molecule is Nc1ccc(C(F)(F)C(F)(F)C(F)(F)F)cc1N. The van der Waals surface area contributed by atoms with Crippen molar-refractivity contribution in [3.05, 3.63) is 23.8 Å². The van der Waals surface area contributed by atoms with E-state index in [2.05, 4.69) is 0 Å². The van der Waals surface area contributed by atoms with E-state index >= 15 is 0 Å². The van der Waals surface area contributed by atoms with Crippen molar-refractivity contribution in [3.8, 4) is 0 Å². The van der Waals surface area contributed by atoms with Gasteiger partial charge in [0.15, 0.2) is 0 Å². The van der Waals surface area contributed by atoms with Crippen molar-refractivity contribution >= 4 is 11.4 Å². The maximum absolute atomic E-state index is 13.2. The van der Waals surface area contributed by atoms with Crippen LogP contribution in [-0.4, -0.2) is 12.1 Å². The van der Waals surface area contributed by atoms with E-state index < -0.39 is 29.3 Å². The van der Waals surface area contributed by atoms with Crippen LogP contribution in [0.15, 0.2) is 18.2 Å². The Bertz CT molecular complexity index is 453. The standard InChI is InChI=1S/C9H7F7N2/c10-7(11,8(12,13)9(14,15)16)4-1-2-5(17)6(18)3-4/h1-3H,17-18H2. The molecule has 0 aliphatic rings. The van der Waals surface area contributed by atoms with Gasteiger partial charge in [0.05, 0.1) is 11.4 Å².